The van der Waals surface area contributed by atoms with E-state index < -0.39 is 5.24 Å². The normalized spacial score (nSPS) is 7.86. The number of rotatable bonds is 2. The number of allylic oxidation sites excluding steroid dienone is 1. The molecule has 0 unspecified atom stereocenters. The van der Waals surface area contributed by atoms with Crippen LogP contribution in [0.5, 0.6) is 0 Å². The number of hydrogen-bond donors (Lipinski definition) is 3. The molecule has 0 bridgehead atoms. The number of thiol groups is 1. The number of hydrogen-bond acceptors (Lipinski definition) is 3. The molecule has 0 fully saturated rings. The van der Waals surface area contributed by atoms with E-state index in [0.717, 1.165) is 0 Å². The van der Waals surface area contributed by atoms with Crippen molar-refractivity contribution in [2.45, 2.75) is 6.92 Å². The van der Waals surface area contributed by atoms with Crippen molar-refractivity contribution in [3.63, 3.8) is 0 Å². The van der Waals surface area contributed by atoms with Gasteiger partial charge in [-0.15, -0.1) is 0 Å². The average molecular weight is 211 g/mol. The lowest BCUT2D eigenvalue weighted by atomic mass is 10.5. The van der Waals surface area contributed by atoms with Crippen LogP contribution in [0.25, 0.3) is 0 Å². The number of nitrogens with zero attached hydrogens (tertiary/aromatic N) is 1. The molecule has 76 valence electrons. The SMILES string of the molecule is C=C(C)NNC(=O)S.c1ccncc1. The lowest BCUT2D eigenvalue weighted by Crippen LogP contribution is -2.31. The molecular formula is C9H13N3OS. The maximum Gasteiger partial charge on any atom is 0.294 e. The third-order valence-electron chi connectivity index (χ3n) is 0.949. The van der Waals surface area contributed by atoms with Crippen LogP contribution in [0, 0.1) is 0 Å². The first-order valence-corrected chi connectivity index (χ1v) is 4.33. The van der Waals surface area contributed by atoms with E-state index in [0.29, 0.717) is 5.70 Å². The zero-order valence-corrected chi connectivity index (χ0v) is 8.79. The monoisotopic (exact) mass is 211 g/mol. The molecule has 1 heterocycles. The molecule has 0 spiro atoms. The first-order chi connectivity index (χ1) is 6.63. The molecular weight excluding hydrogens is 198 g/mol. The molecule has 14 heavy (non-hydrogen) atoms. The summed E-state index contributed by atoms with van der Waals surface area (Å²) in [4.78, 5) is 13.8. The number of carbonyl (C=O) groups excluding carboxylic acids is 1. The van der Waals surface area contributed by atoms with Gasteiger partial charge in [-0.05, 0) is 19.1 Å². The molecule has 0 saturated heterocycles. The smallest absolute Gasteiger partial charge is 0.294 e. The summed E-state index contributed by atoms with van der Waals surface area (Å²) >= 11 is 3.42. The highest BCUT2D eigenvalue weighted by molar-refractivity contribution is 7.96. The van der Waals surface area contributed by atoms with Crippen LogP contribution in [0.2, 0.25) is 0 Å². The lowest BCUT2D eigenvalue weighted by Gasteiger charge is -2.01. The summed E-state index contributed by atoms with van der Waals surface area (Å²) in [5.41, 5.74) is 5.37. The van der Waals surface area contributed by atoms with E-state index in [9.17, 15) is 4.79 Å². The van der Waals surface area contributed by atoms with Gasteiger partial charge in [-0.1, -0.05) is 25.3 Å². The zero-order chi connectivity index (χ0) is 10.8. The van der Waals surface area contributed by atoms with Crippen LogP contribution >= 0.6 is 12.6 Å². The molecule has 0 radical (unpaired) electrons. The Kier molecular flexibility index (Phi) is 7.26. The number of nitrogens with one attached hydrogen (secondary N) is 2. The minimum absolute atomic E-state index is 0.423. The predicted octanol–water partition coefficient (Wildman–Crippen LogP) is 1.75. The second kappa shape index (κ2) is 8.12. The first-order valence-electron chi connectivity index (χ1n) is 3.88. The van der Waals surface area contributed by atoms with E-state index in [1.54, 1.807) is 19.3 Å². The van der Waals surface area contributed by atoms with Gasteiger partial charge in [-0.3, -0.25) is 15.2 Å². The third kappa shape index (κ3) is 10.5. The largest absolute Gasteiger partial charge is 0.303 e. The fourth-order valence-electron chi connectivity index (χ4n) is 0.473. The predicted molar refractivity (Wildman–Crippen MR) is 59.7 cm³/mol. The van der Waals surface area contributed by atoms with Crippen LogP contribution in [-0.2, 0) is 0 Å². The highest BCUT2D eigenvalue weighted by Gasteiger charge is 1.85. The van der Waals surface area contributed by atoms with Crippen molar-refractivity contribution in [1.29, 1.82) is 0 Å². The van der Waals surface area contributed by atoms with Gasteiger partial charge < -0.3 is 5.43 Å². The van der Waals surface area contributed by atoms with Gasteiger partial charge in [0.25, 0.3) is 5.24 Å². The molecule has 1 aromatic rings. The van der Waals surface area contributed by atoms with Gasteiger partial charge >= 0.3 is 0 Å². The lowest BCUT2D eigenvalue weighted by molar-refractivity contribution is 0.258. The van der Waals surface area contributed by atoms with Crippen molar-refractivity contribution < 1.29 is 4.79 Å². The van der Waals surface area contributed by atoms with Crippen molar-refractivity contribution in [2.75, 3.05) is 0 Å². The van der Waals surface area contributed by atoms with Crippen LogP contribution in [0.4, 0.5) is 4.79 Å². The topological polar surface area (TPSA) is 54.0 Å². The quantitative estimate of drug-likeness (QED) is 0.516. The van der Waals surface area contributed by atoms with E-state index in [2.05, 4.69) is 35.0 Å². The average Bonchev–Trinajstić information content (AvgIpc) is 2.18. The molecule has 0 atom stereocenters. The Bertz CT molecular complexity index is 236. The van der Waals surface area contributed by atoms with Crippen LogP contribution < -0.4 is 10.9 Å². The van der Waals surface area contributed by atoms with Gasteiger partial charge in [-0.25, -0.2) is 0 Å². The van der Waals surface area contributed by atoms with E-state index in [1.807, 2.05) is 18.2 Å². The molecule has 0 aromatic carbocycles. The second-order valence-electron chi connectivity index (χ2n) is 2.36. The summed E-state index contributed by atoms with van der Waals surface area (Å²) in [7, 11) is 0. The Morgan fingerprint density at radius 2 is 1.86 bits per heavy atom. The van der Waals surface area contributed by atoms with Gasteiger partial charge in [0.05, 0.1) is 0 Å². The maximum absolute atomic E-state index is 10.00. The molecule has 1 rings (SSSR count). The highest BCUT2D eigenvalue weighted by Crippen LogP contribution is 1.75. The minimum atomic E-state index is -0.423. The van der Waals surface area contributed by atoms with E-state index >= 15 is 0 Å². The molecule has 0 aliphatic rings. The molecule has 1 amide bonds. The molecule has 5 heteroatoms. The number of amides is 1. The zero-order valence-electron chi connectivity index (χ0n) is 7.90. The minimum Gasteiger partial charge on any atom is -0.303 e. The van der Waals surface area contributed by atoms with Gasteiger partial charge in [0.1, 0.15) is 0 Å². The standard InChI is InChI=1S/C5H5N.C4H8N2OS/c1-2-4-6-5-3-1;1-3(2)5-6-4(7)8/h1-5H;5H,1H2,2H3,(H2,6,7,8). The van der Waals surface area contributed by atoms with Crippen LogP contribution in [0.15, 0.2) is 42.9 Å². The summed E-state index contributed by atoms with van der Waals surface area (Å²) in [6.45, 7) is 5.19. The molecule has 4 nitrogen and oxygen atoms in total. The van der Waals surface area contributed by atoms with Gasteiger partial charge in [0, 0.05) is 18.1 Å². The van der Waals surface area contributed by atoms with Crippen molar-refractivity contribution in [3.05, 3.63) is 42.9 Å². The number of hydrazine groups is 1. The van der Waals surface area contributed by atoms with Crippen LogP contribution in [-0.4, -0.2) is 10.2 Å². The van der Waals surface area contributed by atoms with Crippen molar-refractivity contribution >= 4 is 17.9 Å². The van der Waals surface area contributed by atoms with Gasteiger partial charge in [-0.2, -0.15) is 0 Å². The third-order valence-corrected chi connectivity index (χ3v) is 1.06. The number of pyridine rings is 1. The number of carbonyl (C=O) groups is 1. The number of aromatic nitrogens is 1. The Hall–Kier alpha value is -1.49. The maximum atomic E-state index is 10.00. The molecule has 1 aromatic heterocycles. The first kappa shape index (κ1) is 12.5. The Balaban J connectivity index is 0.000000249. The molecule has 0 aliphatic heterocycles. The Morgan fingerprint density at radius 3 is 2.00 bits per heavy atom. The summed E-state index contributed by atoms with van der Waals surface area (Å²) in [5.74, 6) is 0. The summed E-state index contributed by atoms with van der Waals surface area (Å²) in [5, 5.41) is -0.423. The summed E-state index contributed by atoms with van der Waals surface area (Å²) in [6, 6.07) is 5.72. The fourth-order valence-corrected chi connectivity index (χ4v) is 0.529. The van der Waals surface area contributed by atoms with Crippen molar-refractivity contribution in [2.24, 2.45) is 0 Å². The van der Waals surface area contributed by atoms with Crippen LogP contribution in [0.1, 0.15) is 6.92 Å². The van der Waals surface area contributed by atoms with Crippen molar-refractivity contribution in [3.8, 4) is 0 Å². The highest BCUT2D eigenvalue weighted by atomic mass is 32.1. The van der Waals surface area contributed by atoms with Crippen molar-refractivity contribution in [1.82, 2.24) is 15.8 Å². The molecule has 2 N–H and O–H groups in total. The fraction of sp³-hybridized carbons (Fsp3) is 0.111. The Morgan fingerprint density at radius 1 is 1.29 bits per heavy atom. The molecule has 0 aliphatic carbocycles. The Labute approximate surface area is 88.8 Å². The second-order valence-corrected chi connectivity index (χ2v) is 2.77. The van der Waals surface area contributed by atoms with Crippen LogP contribution in [0.3, 0.4) is 0 Å². The summed E-state index contributed by atoms with van der Waals surface area (Å²) in [6.07, 6.45) is 3.50. The van der Waals surface area contributed by atoms with E-state index in [-0.39, 0.29) is 0 Å². The van der Waals surface area contributed by atoms with Gasteiger partial charge in [0.2, 0.25) is 0 Å². The summed E-state index contributed by atoms with van der Waals surface area (Å²) < 4.78 is 0. The van der Waals surface area contributed by atoms with E-state index in [4.69, 9.17) is 0 Å². The van der Waals surface area contributed by atoms with E-state index in [1.165, 1.54) is 0 Å². The molecule has 0 saturated carbocycles. The van der Waals surface area contributed by atoms with Gasteiger partial charge in [0.15, 0.2) is 0 Å².